The first-order valence-electron chi connectivity index (χ1n) is 9.84. The van der Waals surface area contributed by atoms with E-state index in [1.165, 1.54) is 17.3 Å². The monoisotopic (exact) mass is 442 g/mol. The fourth-order valence-electron chi connectivity index (χ4n) is 3.31. The molecule has 6 nitrogen and oxygen atoms in total. The molecule has 1 saturated heterocycles. The Balaban J connectivity index is 1.67. The van der Waals surface area contributed by atoms with Gasteiger partial charge in [0.15, 0.2) is 11.0 Å². The van der Waals surface area contributed by atoms with Crippen molar-refractivity contribution < 1.29 is 9.53 Å². The summed E-state index contributed by atoms with van der Waals surface area (Å²) in [5.41, 5.74) is 3.03. The van der Waals surface area contributed by atoms with E-state index < -0.39 is 0 Å². The summed E-state index contributed by atoms with van der Waals surface area (Å²) < 4.78 is 7.34. The van der Waals surface area contributed by atoms with E-state index in [0.29, 0.717) is 36.5 Å². The van der Waals surface area contributed by atoms with E-state index in [1.807, 2.05) is 71.8 Å². The van der Waals surface area contributed by atoms with Crippen LogP contribution in [0.15, 0.2) is 53.7 Å². The molecule has 2 aromatic carbocycles. The molecule has 1 fully saturated rings. The highest BCUT2D eigenvalue weighted by Crippen LogP contribution is 2.31. The van der Waals surface area contributed by atoms with Crippen molar-refractivity contribution in [1.29, 1.82) is 0 Å². The van der Waals surface area contributed by atoms with E-state index in [1.54, 1.807) is 0 Å². The molecule has 1 aliphatic rings. The van der Waals surface area contributed by atoms with Gasteiger partial charge in [0.05, 0.1) is 18.5 Å². The molecular formula is C22H23ClN4O2S. The van der Waals surface area contributed by atoms with Crippen LogP contribution in [0.3, 0.4) is 0 Å². The second kappa shape index (κ2) is 9.20. The number of hydrogen-bond acceptors (Lipinski definition) is 5. The number of nitrogens with zero attached hydrogens (tertiary/aromatic N) is 4. The zero-order chi connectivity index (χ0) is 21.1. The van der Waals surface area contributed by atoms with Gasteiger partial charge in [0.1, 0.15) is 0 Å². The highest BCUT2D eigenvalue weighted by atomic mass is 35.5. The van der Waals surface area contributed by atoms with Crippen LogP contribution in [0.5, 0.6) is 0 Å². The van der Waals surface area contributed by atoms with Crippen LogP contribution in [0.4, 0.5) is 0 Å². The number of aromatic nitrogens is 3. The molecule has 0 bridgehead atoms. The van der Waals surface area contributed by atoms with Gasteiger partial charge in [-0.3, -0.25) is 9.36 Å². The van der Waals surface area contributed by atoms with Gasteiger partial charge in [-0.15, -0.1) is 10.2 Å². The van der Waals surface area contributed by atoms with E-state index in [2.05, 4.69) is 10.2 Å². The number of rotatable bonds is 5. The highest BCUT2D eigenvalue weighted by molar-refractivity contribution is 8.00. The molecule has 0 spiro atoms. The van der Waals surface area contributed by atoms with Gasteiger partial charge in [-0.05, 0) is 38.1 Å². The minimum absolute atomic E-state index is 0.0887. The van der Waals surface area contributed by atoms with Crippen LogP contribution in [0.1, 0.15) is 12.5 Å². The first-order valence-corrected chi connectivity index (χ1v) is 11.1. The van der Waals surface area contributed by atoms with Gasteiger partial charge in [-0.2, -0.15) is 0 Å². The Kier molecular flexibility index (Phi) is 6.41. The molecule has 30 heavy (non-hydrogen) atoms. The lowest BCUT2D eigenvalue weighted by Crippen LogP contribution is -2.44. The number of ether oxygens (including phenoxy) is 1. The lowest BCUT2D eigenvalue weighted by Gasteiger charge is -2.28. The maximum absolute atomic E-state index is 12.9. The minimum atomic E-state index is -0.288. The summed E-state index contributed by atoms with van der Waals surface area (Å²) in [6.45, 7) is 6.39. The van der Waals surface area contributed by atoms with Gasteiger partial charge in [0, 0.05) is 29.4 Å². The SMILES string of the molecule is Cc1ccc(-c2nnc(SC(C)C(=O)N3CCOCC3)n2-c2ccc(Cl)cc2)cc1. The molecule has 1 unspecified atom stereocenters. The Morgan fingerprint density at radius 2 is 1.73 bits per heavy atom. The van der Waals surface area contributed by atoms with Gasteiger partial charge in [-0.25, -0.2) is 0 Å². The van der Waals surface area contributed by atoms with E-state index in [4.69, 9.17) is 16.3 Å². The molecule has 0 N–H and O–H groups in total. The van der Waals surface area contributed by atoms with Crippen LogP contribution >= 0.6 is 23.4 Å². The Labute approximate surface area is 185 Å². The molecule has 0 aliphatic carbocycles. The second-order valence-electron chi connectivity index (χ2n) is 7.18. The summed E-state index contributed by atoms with van der Waals surface area (Å²) in [7, 11) is 0. The van der Waals surface area contributed by atoms with Crippen molar-refractivity contribution >= 4 is 29.3 Å². The van der Waals surface area contributed by atoms with Crippen LogP contribution in [0, 0.1) is 6.92 Å². The number of thioether (sulfide) groups is 1. The summed E-state index contributed by atoms with van der Waals surface area (Å²) >= 11 is 7.51. The third kappa shape index (κ3) is 4.53. The first-order chi connectivity index (χ1) is 14.5. The molecule has 3 aromatic rings. The van der Waals surface area contributed by atoms with Gasteiger partial charge in [0.2, 0.25) is 5.91 Å². The third-order valence-corrected chi connectivity index (χ3v) is 6.26. The predicted molar refractivity (Wildman–Crippen MR) is 119 cm³/mol. The largest absolute Gasteiger partial charge is 0.378 e. The van der Waals surface area contributed by atoms with Crippen molar-refractivity contribution in [2.75, 3.05) is 26.3 Å². The Morgan fingerprint density at radius 3 is 2.40 bits per heavy atom. The molecule has 1 amide bonds. The average Bonchev–Trinajstić information content (AvgIpc) is 3.18. The van der Waals surface area contributed by atoms with Crippen molar-refractivity contribution in [2.45, 2.75) is 24.3 Å². The number of benzene rings is 2. The quantitative estimate of drug-likeness (QED) is 0.553. The molecule has 0 radical (unpaired) electrons. The van der Waals surface area contributed by atoms with Crippen molar-refractivity contribution in [3.05, 3.63) is 59.1 Å². The number of morpholine rings is 1. The number of hydrogen-bond donors (Lipinski definition) is 0. The summed E-state index contributed by atoms with van der Waals surface area (Å²) in [5.74, 6) is 0.816. The Hall–Kier alpha value is -2.35. The smallest absolute Gasteiger partial charge is 0.236 e. The molecule has 1 aromatic heterocycles. The Bertz CT molecular complexity index is 1010. The lowest BCUT2D eigenvalue weighted by atomic mass is 10.1. The lowest BCUT2D eigenvalue weighted by molar-refractivity contribution is -0.134. The Morgan fingerprint density at radius 1 is 1.07 bits per heavy atom. The molecule has 2 heterocycles. The molecule has 4 rings (SSSR count). The number of halogens is 1. The van der Waals surface area contributed by atoms with Gasteiger partial charge in [0.25, 0.3) is 0 Å². The summed E-state index contributed by atoms with van der Waals surface area (Å²) in [4.78, 5) is 14.7. The van der Waals surface area contributed by atoms with Crippen molar-refractivity contribution in [1.82, 2.24) is 19.7 Å². The fraction of sp³-hybridized carbons (Fsp3) is 0.318. The predicted octanol–water partition coefficient (Wildman–Crippen LogP) is 4.24. The van der Waals surface area contributed by atoms with Crippen LogP contribution in [0.2, 0.25) is 5.02 Å². The zero-order valence-corrected chi connectivity index (χ0v) is 18.5. The van der Waals surface area contributed by atoms with E-state index >= 15 is 0 Å². The summed E-state index contributed by atoms with van der Waals surface area (Å²) in [6.07, 6.45) is 0. The van der Waals surface area contributed by atoms with Crippen LogP contribution in [-0.2, 0) is 9.53 Å². The topological polar surface area (TPSA) is 60.3 Å². The van der Waals surface area contributed by atoms with Crippen molar-refractivity contribution in [3.63, 3.8) is 0 Å². The number of carbonyl (C=O) groups is 1. The van der Waals surface area contributed by atoms with E-state index in [9.17, 15) is 4.79 Å². The molecular weight excluding hydrogens is 420 g/mol. The van der Waals surface area contributed by atoms with Crippen molar-refractivity contribution in [2.24, 2.45) is 0 Å². The number of amides is 1. The molecule has 1 aliphatic heterocycles. The van der Waals surface area contributed by atoms with E-state index in [-0.39, 0.29) is 11.2 Å². The van der Waals surface area contributed by atoms with Gasteiger partial charge >= 0.3 is 0 Å². The maximum Gasteiger partial charge on any atom is 0.236 e. The number of carbonyl (C=O) groups excluding carboxylic acids is 1. The average molecular weight is 443 g/mol. The molecule has 1 atom stereocenters. The zero-order valence-electron chi connectivity index (χ0n) is 16.9. The molecule has 156 valence electrons. The van der Waals surface area contributed by atoms with Crippen LogP contribution < -0.4 is 0 Å². The van der Waals surface area contributed by atoms with Crippen LogP contribution in [-0.4, -0.2) is 57.1 Å². The maximum atomic E-state index is 12.9. The van der Waals surface area contributed by atoms with E-state index in [0.717, 1.165) is 17.1 Å². The van der Waals surface area contributed by atoms with Crippen LogP contribution in [0.25, 0.3) is 17.1 Å². The minimum Gasteiger partial charge on any atom is -0.378 e. The number of aryl methyl sites for hydroxylation is 1. The molecule has 8 heteroatoms. The summed E-state index contributed by atoms with van der Waals surface area (Å²) in [5, 5.41) is 9.92. The normalized spacial score (nSPS) is 15.2. The van der Waals surface area contributed by atoms with Crippen molar-refractivity contribution in [3.8, 4) is 17.1 Å². The van der Waals surface area contributed by atoms with Gasteiger partial charge < -0.3 is 9.64 Å². The first kappa shape index (κ1) is 20.9. The fourth-order valence-corrected chi connectivity index (χ4v) is 4.39. The third-order valence-electron chi connectivity index (χ3n) is 4.98. The second-order valence-corrected chi connectivity index (χ2v) is 8.93. The summed E-state index contributed by atoms with van der Waals surface area (Å²) in [6, 6.07) is 15.7. The standard InChI is InChI=1S/C22H23ClN4O2S/c1-15-3-5-17(6-4-15)20-24-25-22(27(20)19-9-7-18(23)8-10-19)30-16(2)21(28)26-11-13-29-14-12-26/h3-10,16H,11-14H2,1-2H3. The highest BCUT2D eigenvalue weighted by Gasteiger charge is 2.26. The molecule has 0 saturated carbocycles. The van der Waals surface area contributed by atoms with Gasteiger partial charge in [-0.1, -0.05) is 53.2 Å².